The Morgan fingerprint density at radius 1 is 1.23 bits per heavy atom. The van der Waals surface area contributed by atoms with Gasteiger partial charge in [0.2, 0.25) is 6.23 Å². The van der Waals surface area contributed by atoms with Crippen LogP contribution >= 0.6 is 23.2 Å². The number of benzene rings is 2. The van der Waals surface area contributed by atoms with Crippen LogP contribution in [0.4, 0.5) is 5.69 Å². The molecule has 0 bridgehead atoms. The van der Waals surface area contributed by atoms with E-state index >= 15 is 0 Å². The largest absolute Gasteiger partial charge is 0.482 e. The zero-order chi connectivity index (χ0) is 21.7. The number of nitriles is 1. The summed E-state index contributed by atoms with van der Waals surface area (Å²) in [4.78, 5) is 23.7. The standard InChI is InChI=1S/C21H19Cl2N3O4/c1-12(27)30-21(26-16-4-2-13(10-24)3-5-16)17-8-14(22)9-18(23)20(17)29-11-19(28)25-15-6-7-15/h2-5,8-9,15,21,26H,6-7,11H2,1H3,(H,25,28). The van der Waals surface area contributed by atoms with Crippen molar-refractivity contribution < 1.29 is 19.1 Å². The molecular formula is C21H19Cl2N3O4. The summed E-state index contributed by atoms with van der Waals surface area (Å²) in [6, 6.07) is 11.9. The zero-order valence-corrected chi connectivity index (χ0v) is 17.6. The van der Waals surface area contributed by atoms with Gasteiger partial charge < -0.3 is 20.1 Å². The van der Waals surface area contributed by atoms with Crippen molar-refractivity contribution in [2.24, 2.45) is 0 Å². The molecule has 0 radical (unpaired) electrons. The number of nitrogens with zero attached hydrogens (tertiary/aromatic N) is 1. The van der Waals surface area contributed by atoms with E-state index in [1.165, 1.54) is 13.0 Å². The fourth-order valence-corrected chi connectivity index (χ4v) is 3.25. The number of ether oxygens (including phenoxy) is 2. The molecule has 1 atom stereocenters. The van der Waals surface area contributed by atoms with E-state index in [1.54, 1.807) is 30.3 Å². The zero-order valence-electron chi connectivity index (χ0n) is 16.1. The lowest BCUT2D eigenvalue weighted by Crippen LogP contribution is -2.31. The molecule has 1 amide bonds. The predicted octanol–water partition coefficient (Wildman–Crippen LogP) is 4.20. The third-order valence-corrected chi connectivity index (χ3v) is 4.70. The lowest BCUT2D eigenvalue weighted by Gasteiger charge is -2.23. The van der Waals surface area contributed by atoms with E-state index < -0.39 is 12.2 Å². The molecule has 1 aliphatic carbocycles. The van der Waals surface area contributed by atoms with E-state index in [-0.39, 0.29) is 29.3 Å². The van der Waals surface area contributed by atoms with Crippen LogP contribution in [0.25, 0.3) is 0 Å². The SMILES string of the molecule is CC(=O)OC(Nc1ccc(C#N)cc1)c1cc(Cl)cc(Cl)c1OCC(=O)NC1CC1. The van der Waals surface area contributed by atoms with Crippen LogP contribution in [-0.2, 0) is 14.3 Å². The summed E-state index contributed by atoms with van der Waals surface area (Å²) in [5.41, 5.74) is 1.43. The number of amides is 1. The highest BCUT2D eigenvalue weighted by atomic mass is 35.5. The average Bonchev–Trinajstić information content (AvgIpc) is 3.50. The second-order valence-corrected chi connectivity index (χ2v) is 7.60. The Bertz CT molecular complexity index is 985. The molecule has 156 valence electrons. The van der Waals surface area contributed by atoms with Gasteiger partial charge in [-0.1, -0.05) is 23.2 Å². The Morgan fingerprint density at radius 2 is 1.93 bits per heavy atom. The highest BCUT2D eigenvalue weighted by Crippen LogP contribution is 2.38. The lowest BCUT2D eigenvalue weighted by molar-refractivity contribution is -0.145. The predicted molar refractivity (Wildman–Crippen MR) is 112 cm³/mol. The third-order valence-electron chi connectivity index (χ3n) is 4.21. The monoisotopic (exact) mass is 447 g/mol. The molecule has 1 aliphatic rings. The summed E-state index contributed by atoms with van der Waals surface area (Å²) >= 11 is 12.5. The van der Waals surface area contributed by atoms with Crippen molar-refractivity contribution in [3.63, 3.8) is 0 Å². The van der Waals surface area contributed by atoms with Crippen LogP contribution in [0, 0.1) is 11.3 Å². The van der Waals surface area contributed by atoms with Gasteiger partial charge >= 0.3 is 5.97 Å². The number of rotatable bonds is 8. The van der Waals surface area contributed by atoms with E-state index in [4.69, 9.17) is 37.9 Å². The number of hydrogen-bond donors (Lipinski definition) is 2. The second-order valence-electron chi connectivity index (χ2n) is 6.76. The van der Waals surface area contributed by atoms with Crippen LogP contribution in [0.1, 0.15) is 37.1 Å². The molecule has 1 fully saturated rings. The quantitative estimate of drug-likeness (QED) is 0.464. The summed E-state index contributed by atoms with van der Waals surface area (Å²) < 4.78 is 11.1. The maximum absolute atomic E-state index is 12.0. The van der Waals surface area contributed by atoms with E-state index in [2.05, 4.69) is 10.6 Å². The molecule has 0 spiro atoms. The molecule has 0 saturated heterocycles. The van der Waals surface area contributed by atoms with Crippen LogP contribution < -0.4 is 15.4 Å². The fourth-order valence-electron chi connectivity index (χ4n) is 2.69. The van der Waals surface area contributed by atoms with Gasteiger partial charge in [0, 0.05) is 23.7 Å². The summed E-state index contributed by atoms with van der Waals surface area (Å²) in [6.07, 6.45) is 0.928. The molecule has 7 nitrogen and oxygen atoms in total. The van der Waals surface area contributed by atoms with E-state index in [0.29, 0.717) is 21.8 Å². The molecule has 0 aliphatic heterocycles. The van der Waals surface area contributed by atoms with E-state index in [0.717, 1.165) is 12.8 Å². The molecule has 2 N–H and O–H groups in total. The summed E-state index contributed by atoms with van der Waals surface area (Å²) in [5, 5.41) is 15.3. The molecule has 3 rings (SSSR count). The van der Waals surface area contributed by atoms with Crippen molar-refractivity contribution in [3.8, 4) is 11.8 Å². The van der Waals surface area contributed by atoms with Gasteiger partial charge in [-0.15, -0.1) is 0 Å². The average molecular weight is 448 g/mol. The van der Waals surface area contributed by atoms with Gasteiger partial charge in [0.25, 0.3) is 5.91 Å². The Balaban J connectivity index is 1.87. The van der Waals surface area contributed by atoms with Crippen LogP contribution in [0.5, 0.6) is 5.75 Å². The Morgan fingerprint density at radius 3 is 2.53 bits per heavy atom. The minimum Gasteiger partial charge on any atom is -0.482 e. The number of anilines is 1. The molecule has 2 aromatic rings. The normalized spacial score (nSPS) is 13.7. The van der Waals surface area contributed by atoms with Gasteiger partial charge in [0.15, 0.2) is 6.61 Å². The number of carbonyl (C=O) groups is 2. The molecule has 9 heteroatoms. The van der Waals surface area contributed by atoms with E-state index in [9.17, 15) is 9.59 Å². The van der Waals surface area contributed by atoms with Crippen LogP contribution in [0.15, 0.2) is 36.4 Å². The minimum absolute atomic E-state index is 0.176. The molecule has 0 aromatic heterocycles. The number of nitrogens with one attached hydrogen (secondary N) is 2. The van der Waals surface area contributed by atoms with Crippen molar-refractivity contribution in [2.45, 2.75) is 32.0 Å². The first kappa shape index (κ1) is 21.8. The van der Waals surface area contributed by atoms with Gasteiger partial charge in [0.1, 0.15) is 5.75 Å². The Labute approximate surface area is 183 Å². The fraction of sp³-hybridized carbons (Fsp3) is 0.286. The first-order valence-corrected chi connectivity index (χ1v) is 9.96. The first-order chi connectivity index (χ1) is 14.4. The highest BCUT2D eigenvalue weighted by Gasteiger charge is 2.26. The topological polar surface area (TPSA) is 100 Å². The molecule has 1 saturated carbocycles. The maximum atomic E-state index is 12.0. The van der Waals surface area contributed by atoms with Crippen molar-refractivity contribution in [3.05, 3.63) is 57.6 Å². The summed E-state index contributed by atoms with van der Waals surface area (Å²) in [5.74, 6) is -0.632. The second kappa shape index (κ2) is 9.70. The Hall–Kier alpha value is -2.95. The van der Waals surface area contributed by atoms with E-state index in [1.807, 2.05) is 6.07 Å². The van der Waals surface area contributed by atoms with Crippen molar-refractivity contribution in [1.82, 2.24) is 5.32 Å². The number of esters is 1. The molecule has 0 heterocycles. The smallest absolute Gasteiger partial charge is 0.304 e. The van der Waals surface area contributed by atoms with Crippen molar-refractivity contribution in [1.29, 1.82) is 5.26 Å². The molecular weight excluding hydrogens is 429 g/mol. The minimum atomic E-state index is -0.992. The van der Waals surface area contributed by atoms with Crippen LogP contribution in [-0.4, -0.2) is 24.5 Å². The van der Waals surface area contributed by atoms with Crippen LogP contribution in [0.3, 0.4) is 0 Å². The third kappa shape index (κ3) is 6.02. The number of hydrogen-bond acceptors (Lipinski definition) is 6. The summed E-state index contributed by atoms with van der Waals surface area (Å²) in [6.45, 7) is 1.03. The Kier molecular flexibility index (Phi) is 7.03. The van der Waals surface area contributed by atoms with Gasteiger partial charge in [-0.3, -0.25) is 9.59 Å². The summed E-state index contributed by atoms with van der Waals surface area (Å²) in [7, 11) is 0. The molecule has 30 heavy (non-hydrogen) atoms. The maximum Gasteiger partial charge on any atom is 0.304 e. The lowest BCUT2D eigenvalue weighted by atomic mass is 10.1. The van der Waals surface area contributed by atoms with Gasteiger partial charge in [-0.25, -0.2) is 0 Å². The van der Waals surface area contributed by atoms with Crippen molar-refractivity contribution in [2.75, 3.05) is 11.9 Å². The number of halogens is 2. The first-order valence-electron chi connectivity index (χ1n) is 9.20. The van der Waals surface area contributed by atoms with Crippen molar-refractivity contribution >= 4 is 40.8 Å². The molecule has 1 unspecified atom stereocenters. The van der Waals surface area contributed by atoms with Crippen LogP contribution in [0.2, 0.25) is 10.0 Å². The van der Waals surface area contributed by atoms with Gasteiger partial charge in [-0.2, -0.15) is 5.26 Å². The van der Waals surface area contributed by atoms with Gasteiger partial charge in [0.05, 0.1) is 22.2 Å². The highest BCUT2D eigenvalue weighted by molar-refractivity contribution is 6.35. The molecule has 2 aromatic carbocycles. The number of carbonyl (C=O) groups excluding carboxylic acids is 2. The van der Waals surface area contributed by atoms with Gasteiger partial charge in [-0.05, 0) is 49.2 Å².